The zero-order valence-electron chi connectivity index (χ0n) is 21.6. The predicted molar refractivity (Wildman–Crippen MR) is 148 cm³/mol. The molecule has 212 valence electrons. The Balaban J connectivity index is 0.00000231. The third kappa shape index (κ3) is 6.62. The molecule has 0 unspecified atom stereocenters. The van der Waals surface area contributed by atoms with Gasteiger partial charge in [0.05, 0.1) is 24.2 Å². The number of alkyl halides is 3. The Labute approximate surface area is 230 Å². The molecule has 4 N–H and O–H groups in total. The van der Waals surface area contributed by atoms with Crippen molar-refractivity contribution < 1.29 is 20.8 Å². The number of ether oxygens (including phenoxy) is 1. The lowest BCUT2D eigenvalue weighted by atomic mass is 10.1. The third-order valence-electron chi connectivity index (χ3n) is 6.56. The number of halogens is 3. The smallest absolute Gasteiger partial charge is 0.396 e. The fraction of sp³-hybridized carbons (Fsp3) is 0.440. The lowest BCUT2D eigenvalue weighted by molar-refractivity contribution is -0.128. The first kappa shape index (κ1) is 27.2. The van der Waals surface area contributed by atoms with Crippen LogP contribution in [0.15, 0.2) is 51.1 Å². The van der Waals surface area contributed by atoms with Gasteiger partial charge < -0.3 is 25.7 Å². The molecular weight excluding hydrogens is 531 g/mol. The Morgan fingerprint density at radius 1 is 1.18 bits per heavy atom. The molecule has 0 aliphatic carbocycles. The van der Waals surface area contributed by atoms with Crippen LogP contribution in [0.4, 0.5) is 24.8 Å². The van der Waals surface area contributed by atoms with Crippen LogP contribution in [0.2, 0.25) is 0 Å². The summed E-state index contributed by atoms with van der Waals surface area (Å²) in [5.74, 6) is 1.30. The minimum absolute atomic E-state index is 0. The number of aryl methyl sites for hydroxylation is 1. The van der Waals surface area contributed by atoms with Gasteiger partial charge in [-0.15, -0.1) is 0 Å². The molecule has 14 heteroatoms. The number of anilines is 1. The second-order valence-electron chi connectivity index (χ2n) is 9.63. The van der Waals surface area contributed by atoms with Crippen LogP contribution < -0.4 is 16.4 Å². The van der Waals surface area contributed by atoms with Crippen LogP contribution in [0.5, 0.6) is 0 Å². The van der Waals surface area contributed by atoms with E-state index in [0.29, 0.717) is 33.7 Å². The highest BCUT2D eigenvalue weighted by molar-refractivity contribution is 7.99. The number of morpholine rings is 1. The van der Waals surface area contributed by atoms with E-state index in [2.05, 4.69) is 24.8 Å². The maximum atomic E-state index is 13.0. The van der Waals surface area contributed by atoms with E-state index in [1.165, 1.54) is 16.3 Å². The summed E-state index contributed by atoms with van der Waals surface area (Å²) in [5, 5.41) is 0.444. The molecule has 10 nitrogen and oxygen atoms in total. The molecule has 0 spiro atoms. The van der Waals surface area contributed by atoms with Gasteiger partial charge in [-0.1, -0.05) is 0 Å². The molecule has 5 rings (SSSR count). The van der Waals surface area contributed by atoms with Crippen molar-refractivity contribution in [2.75, 3.05) is 44.3 Å². The van der Waals surface area contributed by atoms with Crippen LogP contribution in [-0.2, 0) is 18.2 Å². The summed E-state index contributed by atoms with van der Waals surface area (Å²) in [6.07, 6.45) is -3.87. The summed E-state index contributed by atoms with van der Waals surface area (Å²) in [5.41, 5.74) is 13.4. The van der Waals surface area contributed by atoms with E-state index in [1.54, 1.807) is 44.3 Å². The summed E-state index contributed by atoms with van der Waals surface area (Å²) in [4.78, 5) is 23.3. The van der Waals surface area contributed by atoms with Crippen molar-refractivity contribution in [1.29, 1.82) is 0 Å². The van der Waals surface area contributed by atoms with Crippen LogP contribution in [0, 0.1) is 0 Å². The van der Waals surface area contributed by atoms with Crippen molar-refractivity contribution in [1.82, 2.24) is 24.4 Å². The van der Waals surface area contributed by atoms with Gasteiger partial charge in [-0.25, -0.2) is 19.9 Å². The first-order chi connectivity index (χ1) is 18.5. The highest BCUT2D eigenvalue weighted by Gasteiger charge is 2.34. The number of aliphatic imine (C=N–C) groups is 1. The molecule has 2 aliphatic heterocycles. The second-order valence-corrected chi connectivity index (χ2v) is 10.7. The number of hydrogen-bond acceptors (Lipinski definition) is 9. The van der Waals surface area contributed by atoms with E-state index in [9.17, 15) is 13.2 Å². The molecule has 0 bridgehead atoms. The highest BCUT2D eigenvalue weighted by atomic mass is 32.2. The van der Waals surface area contributed by atoms with E-state index in [1.807, 2.05) is 0 Å². The summed E-state index contributed by atoms with van der Waals surface area (Å²) >= 11 is 1.29. The van der Waals surface area contributed by atoms with Crippen molar-refractivity contribution in [3.8, 4) is 0 Å². The van der Waals surface area contributed by atoms with Gasteiger partial charge in [-0.05, 0) is 43.0 Å². The first-order valence-electron chi connectivity index (χ1n) is 12.5. The van der Waals surface area contributed by atoms with Crippen LogP contribution in [0.25, 0.3) is 11.0 Å². The van der Waals surface area contributed by atoms with E-state index in [0.717, 1.165) is 50.1 Å². The van der Waals surface area contributed by atoms with Crippen LogP contribution in [0.1, 0.15) is 15.6 Å². The topological polar surface area (TPSA) is 124 Å². The number of fused-ring (bicyclic) bond motifs is 1. The molecule has 2 saturated heterocycles. The lowest BCUT2D eigenvalue weighted by Gasteiger charge is -2.47. The van der Waals surface area contributed by atoms with Gasteiger partial charge in [-0.2, -0.15) is 13.2 Å². The van der Waals surface area contributed by atoms with Gasteiger partial charge in [0, 0.05) is 58.8 Å². The quantitative estimate of drug-likeness (QED) is 0.252. The molecule has 3 aromatic rings. The van der Waals surface area contributed by atoms with Crippen molar-refractivity contribution in [2.24, 2.45) is 23.5 Å². The maximum absolute atomic E-state index is 13.0. The zero-order valence-corrected chi connectivity index (χ0v) is 22.5. The summed E-state index contributed by atoms with van der Waals surface area (Å²) in [7, 11) is 1.58. The SMILES string of the molecule is CC(N)=CC(N)=Nc1cc(N2CC(N3CCOCC3)C2)nc(Sc2ccc3nc(CC(F)(F)F)n(C)c3c2)n1.[HH].[HH]. The Morgan fingerprint density at radius 2 is 1.92 bits per heavy atom. The molecule has 0 atom stereocenters. The highest BCUT2D eigenvalue weighted by Crippen LogP contribution is 2.33. The molecule has 1 aromatic carbocycles. The minimum atomic E-state index is -4.34. The fourth-order valence-corrected chi connectivity index (χ4v) is 5.40. The zero-order chi connectivity index (χ0) is 27.7. The number of benzene rings is 1. The first-order valence-corrected chi connectivity index (χ1v) is 13.3. The summed E-state index contributed by atoms with van der Waals surface area (Å²) in [6.45, 7) is 6.69. The van der Waals surface area contributed by atoms with Crippen LogP contribution in [0.3, 0.4) is 0 Å². The number of allylic oxidation sites excluding steroid dienone is 1. The molecule has 4 heterocycles. The van der Waals surface area contributed by atoms with Crippen LogP contribution in [-0.4, -0.2) is 81.9 Å². The Bertz CT molecular complexity index is 1420. The molecule has 0 amide bonds. The number of nitrogens with two attached hydrogens (primary N) is 2. The summed E-state index contributed by atoms with van der Waals surface area (Å²) < 4.78 is 45.8. The van der Waals surface area contributed by atoms with Gasteiger partial charge >= 0.3 is 6.18 Å². The van der Waals surface area contributed by atoms with Gasteiger partial charge in [0.1, 0.15) is 23.9 Å². The summed E-state index contributed by atoms with van der Waals surface area (Å²) in [6, 6.07) is 7.51. The average Bonchev–Trinajstić information content (AvgIpc) is 3.11. The Hall–Kier alpha value is -3.36. The fourth-order valence-electron chi connectivity index (χ4n) is 4.61. The van der Waals surface area contributed by atoms with Gasteiger partial charge in [-0.3, -0.25) is 4.90 Å². The van der Waals surface area contributed by atoms with Gasteiger partial charge in [0.2, 0.25) is 0 Å². The number of amidine groups is 1. The minimum Gasteiger partial charge on any atom is -0.402 e. The lowest BCUT2D eigenvalue weighted by Crippen LogP contribution is -2.61. The van der Waals surface area contributed by atoms with Crippen molar-refractivity contribution in [3.05, 3.63) is 41.9 Å². The number of aromatic nitrogens is 4. The largest absolute Gasteiger partial charge is 0.402 e. The number of imidazole rings is 1. The second kappa shape index (κ2) is 11.0. The predicted octanol–water partition coefficient (Wildman–Crippen LogP) is 3.48. The normalized spacial score (nSPS) is 18.1. The maximum Gasteiger partial charge on any atom is 0.396 e. The van der Waals surface area contributed by atoms with E-state index in [-0.39, 0.29) is 14.5 Å². The average molecular weight is 566 g/mol. The van der Waals surface area contributed by atoms with Gasteiger partial charge in [0.25, 0.3) is 0 Å². The molecule has 2 fully saturated rings. The van der Waals surface area contributed by atoms with E-state index in [4.69, 9.17) is 21.2 Å². The number of hydrogen-bond donors (Lipinski definition) is 2. The van der Waals surface area contributed by atoms with E-state index < -0.39 is 12.6 Å². The molecule has 2 aliphatic rings. The molecule has 2 aromatic heterocycles. The molecule has 0 saturated carbocycles. The van der Waals surface area contributed by atoms with Crippen molar-refractivity contribution in [2.45, 2.75) is 35.6 Å². The molecular formula is C25H34F3N9OS. The Morgan fingerprint density at radius 3 is 2.62 bits per heavy atom. The molecule has 39 heavy (non-hydrogen) atoms. The van der Waals surface area contributed by atoms with Crippen molar-refractivity contribution >= 4 is 40.3 Å². The van der Waals surface area contributed by atoms with Crippen molar-refractivity contribution in [3.63, 3.8) is 0 Å². The standard InChI is InChI=1S/C25H30F3N9OS.2H2/c1-15(29)9-20(30)32-21-11-22(37-13-16(14-37)36-5-7-38-8-6-36)34-24(33-21)39-17-3-4-18-19(10-17)35(2)23(31-18)12-25(26,27)28;;/h3-4,9-11,16H,5-8,12-14,29H2,1-2H3,(H2,30,32,33,34);2*1H. The third-order valence-corrected chi connectivity index (χ3v) is 7.41. The Kier molecular flexibility index (Phi) is 7.69. The van der Waals surface area contributed by atoms with E-state index >= 15 is 0 Å². The van der Waals surface area contributed by atoms with Crippen LogP contribution >= 0.6 is 11.8 Å². The number of nitrogens with zero attached hydrogens (tertiary/aromatic N) is 7. The molecule has 0 radical (unpaired) electrons. The number of rotatable bonds is 7. The monoisotopic (exact) mass is 565 g/mol. The van der Waals surface area contributed by atoms with Gasteiger partial charge in [0.15, 0.2) is 11.0 Å².